The number of allylic oxidation sites excluding steroid dienone is 3. The second-order valence-corrected chi connectivity index (χ2v) is 4.82. The molecular formula is C15H14O4. The molecule has 1 aliphatic carbocycles. The average molecular weight is 258 g/mol. The van der Waals surface area contributed by atoms with Crippen LogP contribution in [0.15, 0.2) is 47.9 Å². The van der Waals surface area contributed by atoms with E-state index in [1.54, 1.807) is 30.3 Å². The molecule has 2 N–H and O–H groups in total. The van der Waals surface area contributed by atoms with E-state index in [0.717, 1.165) is 5.56 Å². The topological polar surface area (TPSA) is 66.8 Å². The minimum absolute atomic E-state index is 0.104. The number of hydrogen-bond acceptors (Lipinski definition) is 4. The summed E-state index contributed by atoms with van der Waals surface area (Å²) in [5.41, 5.74) is 0.848. The quantitative estimate of drug-likeness (QED) is 0.811. The first-order chi connectivity index (χ1) is 9.15. The molecule has 4 heteroatoms. The highest BCUT2D eigenvalue weighted by atomic mass is 16.5. The first-order valence-electron chi connectivity index (χ1n) is 6.21. The van der Waals surface area contributed by atoms with Crippen LogP contribution in [0.3, 0.4) is 0 Å². The van der Waals surface area contributed by atoms with E-state index in [9.17, 15) is 15.0 Å². The first-order valence-corrected chi connectivity index (χ1v) is 6.21. The van der Waals surface area contributed by atoms with Crippen LogP contribution in [0.2, 0.25) is 0 Å². The number of Topliss-reactive ketones (excluding diaryl/α,β-unsaturated/α-hetero) is 1. The zero-order valence-corrected chi connectivity index (χ0v) is 10.2. The number of fused-ring (bicyclic) bond motifs is 1. The largest absolute Gasteiger partial charge is 0.508 e. The van der Waals surface area contributed by atoms with Gasteiger partial charge >= 0.3 is 0 Å². The molecular weight excluding hydrogens is 244 g/mol. The molecule has 0 aromatic heterocycles. The van der Waals surface area contributed by atoms with E-state index < -0.39 is 0 Å². The zero-order chi connectivity index (χ0) is 13.4. The molecule has 1 heterocycles. The Morgan fingerprint density at radius 1 is 1.11 bits per heavy atom. The Balaban J connectivity index is 1.86. The molecule has 4 nitrogen and oxygen atoms in total. The van der Waals surface area contributed by atoms with Crippen LogP contribution in [0.1, 0.15) is 17.9 Å². The molecule has 0 bridgehead atoms. The van der Waals surface area contributed by atoms with Gasteiger partial charge in [0, 0.05) is 6.08 Å². The van der Waals surface area contributed by atoms with E-state index in [1.165, 1.54) is 6.08 Å². The van der Waals surface area contributed by atoms with Crippen molar-refractivity contribution in [3.8, 4) is 5.75 Å². The molecule has 1 saturated heterocycles. The van der Waals surface area contributed by atoms with Crippen molar-refractivity contribution in [3.05, 3.63) is 53.5 Å². The highest BCUT2D eigenvalue weighted by Crippen LogP contribution is 2.36. The fraction of sp³-hybridized carbons (Fsp3) is 0.267. The third-order valence-electron chi connectivity index (χ3n) is 3.60. The molecule has 0 radical (unpaired) electrons. The Kier molecular flexibility index (Phi) is 2.78. The fourth-order valence-corrected chi connectivity index (χ4v) is 2.53. The number of carbonyl (C=O) groups is 1. The molecule has 19 heavy (non-hydrogen) atoms. The second-order valence-electron chi connectivity index (χ2n) is 4.82. The van der Waals surface area contributed by atoms with Gasteiger partial charge in [0.2, 0.25) is 0 Å². The molecule has 3 rings (SSSR count). The smallest absolute Gasteiger partial charge is 0.154 e. The van der Waals surface area contributed by atoms with E-state index in [-0.39, 0.29) is 35.7 Å². The number of ether oxygens (including phenoxy) is 1. The number of aliphatic hydroxyl groups excluding tert-OH is 1. The summed E-state index contributed by atoms with van der Waals surface area (Å²) in [4.78, 5) is 12.5. The predicted molar refractivity (Wildman–Crippen MR) is 68.7 cm³/mol. The predicted octanol–water partition coefficient (Wildman–Crippen LogP) is 2.42. The van der Waals surface area contributed by atoms with Crippen LogP contribution in [-0.2, 0) is 9.53 Å². The van der Waals surface area contributed by atoms with E-state index in [4.69, 9.17) is 4.74 Å². The lowest BCUT2D eigenvalue weighted by molar-refractivity contribution is -0.128. The normalized spacial score (nSPS) is 26.0. The maximum absolute atomic E-state index is 12.5. The summed E-state index contributed by atoms with van der Waals surface area (Å²) < 4.78 is 5.60. The highest BCUT2D eigenvalue weighted by Gasteiger charge is 2.37. The number of carbonyl (C=O) groups excluding carboxylic acids is 1. The minimum atomic E-state index is -0.309. The number of phenolic OH excluding ortho intramolecular Hbond substituents is 1. The number of aromatic hydroxyl groups is 1. The van der Waals surface area contributed by atoms with Gasteiger partial charge in [-0.15, -0.1) is 0 Å². The van der Waals surface area contributed by atoms with Gasteiger partial charge in [0.1, 0.15) is 23.9 Å². The van der Waals surface area contributed by atoms with Gasteiger partial charge < -0.3 is 14.9 Å². The lowest BCUT2D eigenvalue weighted by Crippen LogP contribution is -2.34. The summed E-state index contributed by atoms with van der Waals surface area (Å²) in [5, 5.41) is 18.7. The van der Waals surface area contributed by atoms with Crippen molar-refractivity contribution < 1.29 is 19.7 Å². The third kappa shape index (κ3) is 2.10. The number of phenols is 1. The van der Waals surface area contributed by atoms with Crippen molar-refractivity contribution in [3.63, 3.8) is 0 Å². The number of aliphatic hydroxyl groups is 1. The Bertz CT molecular complexity index is 568. The SMILES string of the molecule is O=C1C2CC=C(O)C=C2OCC1c1ccc(O)cc1. The van der Waals surface area contributed by atoms with Gasteiger partial charge in [0.15, 0.2) is 5.78 Å². The van der Waals surface area contributed by atoms with Crippen LogP contribution in [-0.4, -0.2) is 22.6 Å². The van der Waals surface area contributed by atoms with Crippen LogP contribution in [0.25, 0.3) is 0 Å². The fourth-order valence-electron chi connectivity index (χ4n) is 2.53. The van der Waals surface area contributed by atoms with Crippen molar-refractivity contribution in [1.82, 2.24) is 0 Å². The van der Waals surface area contributed by atoms with Crippen molar-refractivity contribution in [2.75, 3.05) is 6.61 Å². The summed E-state index contributed by atoms with van der Waals surface area (Å²) in [6.45, 7) is 0.277. The molecule has 2 aliphatic rings. The second kappa shape index (κ2) is 4.46. The molecule has 1 fully saturated rings. The van der Waals surface area contributed by atoms with Crippen LogP contribution < -0.4 is 0 Å². The molecule has 0 amide bonds. The molecule has 1 aromatic rings. The summed E-state index contributed by atoms with van der Waals surface area (Å²) in [5.74, 6) is 0.382. The first kappa shape index (κ1) is 11.8. The molecule has 98 valence electrons. The average Bonchev–Trinajstić information content (AvgIpc) is 2.40. The maximum Gasteiger partial charge on any atom is 0.154 e. The summed E-state index contributed by atoms with van der Waals surface area (Å²) in [7, 11) is 0. The van der Waals surface area contributed by atoms with Gasteiger partial charge in [-0.05, 0) is 30.2 Å². The number of ketones is 1. The van der Waals surface area contributed by atoms with Gasteiger partial charge in [-0.2, -0.15) is 0 Å². The molecule has 0 saturated carbocycles. The minimum Gasteiger partial charge on any atom is -0.508 e. The van der Waals surface area contributed by atoms with E-state index in [0.29, 0.717) is 12.2 Å². The van der Waals surface area contributed by atoms with Gasteiger partial charge in [0.25, 0.3) is 0 Å². The van der Waals surface area contributed by atoms with Gasteiger partial charge in [0.05, 0.1) is 11.8 Å². The van der Waals surface area contributed by atoms with Crippen LogP contribution in [0.5, 0.6) is 5.75 Å². The molecule has 1 aromatic carbocycles. The lowest BCUT2D eigenvalue weighted by atomic mass is 9.81. The van der Waals surface area contributed by atoms with Crippen molar-refractivity contribution >= 4 is 5.78 Å². The van der Waals surface area contributed by atoms with Crippen molar-refractivity contribution in [2.24, 2.45) is 5.92 Å². The van der Waals surface area contributed by atoms with E-state index >= 15 is 0 Å². The van der Waals surface area contributed by atoms with E-state index in [1.807, 2.05) is 0 Å². The third-order valence-corrected chi connectivity index (χ3v) is 3.60. The highest BCUT2D eigenvalue weighted by molar-refractivity contribution is 5.91. The molecule has 2 unspecified atom stereocenters. The molecule has 1 aliphatic heterocycles. The van der Waals surface area contributed by atoms with Crippen LogP contribution in [0, 0.1) is 5.92 Å². The van der Waals surface area contributed by atoms with Gasteiger partial charge in [-0.3, -0.25) is 4.79 Å². The Morgan fingerprint density at radius 2 is 1.84 bits per heavy atom. The van der Waals surface area contributed by atoms with Gasteiger partial charge in [-0.1, -0.05) is 12.1 Å². The van der Waals surface area contributed by atoms with Crippen molar-refractivity contribution in [2.45, 2.75) is 12.3 Å². The Morgan fingerprint density at radius 3 is 2.58 bits per heavy atom. The van der Waals surface area contributed by atoms with Gasteiger partial charge in [-0.25, -0.2) is 0 Å². The summed E-state index contributed by atoms with van der Waals surface area (Å²) >= 11 is 0. The van der Waals surface area contributed by atoms with Crippen LogP contribution in [0.4, 0.5) is 0 Å². The lowest BCUT2D eigenvalue weighted by Gasteiger charge is -2.32. The zero-order valence-electron chi connectivity index (χ0n) is 10.2. The summed E-state index contributed by atoms with van der Waals surface area (Å²) in [6, 6.07) is 6.62. The summed E-state index contributed by atoms with van der Waals surface area (Å²) in [6.07, 6.45) is 3.62. The molecule has 0 spiro atoms. The Hall–Kier alpha value is -2.23. The number of benzene rings is 1. The molecule has 2 atom stereocenters. The number of hydrogen-bond donors (Lipinski definition) is 2. The van der Waals surface area contributed by atoms with Crippen LogP contribution >= 0.6 is 0 Å². The monoisotopic (exact) mass is 258 g/mol. The van der Waals surface area contributed by atoms with Crippen molar-refractivity contribution in [1.29, 1.82) is 0 Å². The number of rotatable bonds is 1. The standard InChI is InChI=1S/C15H14O4/c16-10-3-1-9(2-4-10)13-8-19-14-7-11(17)5-6-12(14)15(13)18/h1-5,7,12-13,16-17H,6,8H2. The Labute approximate surface area is 110 Å². The maximum atomic E-state index is 12.5. The van der Waals surface area contributed by atoms with E-state index in [2.05, 4.69) is 0 Å².